The summed E-state index contributed by atoms with van der Waals surface area (Å²) < 4.78 is 61.9. The molecule has 0 aliphatic carbocycles. The van der Waals surface area contributed by atoms with Crippen molar-refractivity contribution in [2.75, 3.05) is 50.7 Å². The van der Waals surface area contributed by atoms with Gasteiger partial charge >= 0.3 is 0 Å². The minimum atomic E-state index is -4.06. The minimum Gasteiger partial charge on any atom is -0.372 e. The fourth-order valence-electron chi connectivity index (χ4n) is 6.16. The van der Waals surface area contributed by atoms with Gasteiger partial charge in [-0.25, -0.2) is 8.42 Å². The van der Waals surface area contributed by atoms with Crippen molar-refractivity contribution < 1.29 is 16.8 Å². The fourth-order valence-corrected chi connectivity index (χ4v) is 8.75. The van der Waals surface area contributed by atoms with Crippen LogP contribution in [0, 0.1) is 13.8 Å². The molecule has 2 aliphatic heterocycles. The summed E-state index contributed by atoms with van der Waals surface area (Å²) in [6, 6.07) is 21.5. The zero-order valence-electron chi connectivity index (χ0n) is 26.8. The fraction of sp³-hybridized carbons (Fsp3) is 0.441. The lowest BCUT2D eigenvalue weighted by Crippen LogP contribution is -2.44. The van der Waals surface area contributed by atoms with Crippen LogP contribution in [-0.4, -0.2) is 82.6 Å². The van der Waals surface area contributed by atoms with Gasteiger partial charge in [0.2, 0.25) is 10.0 Å². The third-order valence-electron chi connectivity index (χ3n) is 8.77. The Morgan fingerprint density at radius 3 is 1.84 bits per heavy atom. The number of anilines is 1. The molecule has 45 heavy (non-hydrogen) atoms. The summed E-state index contributed by atoms with van der Waals surface area (Å²) in [5.41, 5.74) is 3.73. The van der Waals surface area contributed by atoms with E-state index in [1.54, 1.807) is 48.5 Å². The van der Waals surface area contributed by atoms with Crippen molar-refractivity contribution in [3.63, 3.8) is 0 Å². The van der Waals surface area contributed by atoms with Gasteiger partial charge in [-0.2, -0.15) is 12.7 Å². The monoisotopic (exact) mass is 651 g/mol. The summed E-state index contributed by atoms with van der Waals surface area (Å²) in [7, 11) is -7.99. The molecular weight excluding hydrogens is 607 g/mol. The van der Waals surface area contributed by atoms with Crippen LogP contribution in [0.25, 0.3) is 0 Å². The Labute approximate surface area is 269 Å². The van der Waals surface area contributed by atoms with E-state index >= 15 is 0 Å². The third kappa shape index (κ3) is 7.43. The van der Waals surface area contributed by atoms with E-state index in [1.165, 1.54) is 4.31 Å². The first-order chi connectivity index (χ1) is 21.5. The van der Waals surface area contributed by atoms with E-state index in [1.807, 2.05) is 43.0 Å². The highest BCUT2D eigenvalue weighted by atomic mass is 32.2. The van der Waals surface area contributed by atoms with Crippen LogP contribution in [0.5, 0.6) is 0 Å². The topological polar surface area (TPSA) is 93.6 Å². The van der Waals surface area contributed by atoms with Gasteiger partial charge in [-0.15, -0.1) is 4.40 Å². The predicted octanol–water partition coefficient (Wildman–Crippen LogP) is 5.43. The molecule has 0 spiro atoms. The van der Waals surface area contributed by atoms with Gasteiger partial charge in [0.15, 0.2) is 0 Å². The smallest absolute Gasteiger partial charge is 0.283 e. The lowest BCUT2D eigenvalue weighted by atomic mass is 10.1. The Morgan fingerprint density at radius 2 is 1.29 bits per heavy atom. The molecule has 11 heteroatoms. The van der Waals surface area contributed by atoms with E-state index in [-0.39, 0.29) is 16.3 Å². The molecule has 3 aromatic rings. The Bertz CT molecular complexity index is 1680. The Morgan fingerprint density at radius 1 is 0.733 bits per heavy atom. The summed E-state index contributed by atoms with van der Waals surface area (Å²) in [5.74, 6) is 0.358. The van der Waals surface area contributed by atoms with Gasteiger partial charge in [-0.3, -0.25) is 4.90 Å². The molecule has 0 amide bonds. The van der Waals surface area contributed by atoms with Crippen LogP contribution in [-0.2, 0) is 20.0 Å². The number of hydrogen-bond donors (Lipinski definition) is 0. The minimum absolute atomic E-state index is 0.118. The van der Waals surface area contributed by atoms with Crippen LogP contribution in [0.1, 0.15) is 56.0 Å². The largest absolute Gasteiger partial charge is 0.372 e. The Balaban J connectivity index is 1.62. The molecule has 2 aliphatic rings. The van der Waals surface area contributed by atoms with Gasteiger partial charge in [0.05, 0.1) is 16.3 Å². The van der Waals surface area contributed by atoms with Crippen LogP contribution in [0.15, 0.2) is 87.0 Å². The molecule has 2 fully saturated rings. The number of nitrogens with zero attached hydrogens (tertiary/aromatic N) is 5. The summed E-state index contributed by atoms with van der Waals surface area (Å²) in [5, 5.41) is 0. The molecule has 5 rings (SSSR count). The van der Waals surface area contributed by atoms with E-state index in [9.17, 15) is 16.8 Å². The number of benzene rings is 3. The van der Waals surface area contributed by atoms with E-state index in [2.05, 4.69) is 28.0 Å². The second-order valence-corrected chi connectivity index (χ2v) is 15.4. The van der Waals surface area contributed by atoms with E-state index in [0.29, 0.717) is 18.9 Å². The summed E-state index contributed by atoms with van der Waals surface area (Å²) in [6.45, 7) is 12.2. The number of piperidine rings is 1. The molecule has 2 saturated heterocycles. The normalized spacial score (nSPS) is 18.8. The van der Waals surface area contributed by atoms with Crippen molar-refractivity contribution in [3.05, 3.63) is 89.5 Å². The van der Waals surface area contributed by atoms with Crippen molar-refractivity contribution in [3.8, 4) is 0 Å². The molecule has 0 N–H and O–H groups in total. The van der Waals surface area contributed by atoms with Crippen molar-refractivity contribution in [2.45, 2.75) is 62.9 Å². The second kappa shape index (κ2) is 14.0. The molecule has 0 bridgehead atoms. The predicted molar refractivity (Wildman–Crippen MR) is 181 cm³/mol. The average molecular weight is 652 g/mol. The molecule has 3 aromatic carbocycles. The molecule has 2 heterocycles. The highest BCUT2D eigenvalue weighted by Gasteiger charge is 2.43. The van der Waals surface area contributed by atoms with Gasteiger partial charge in [0.1, 0.15) is 12.0 Å². The maximum atomic E-state index is 14.2. The zero-order valence-corrected chi connectivity index (χ0v) is 28.4. The average Bonchev–Trinajstić information content (AvgIpc) is 3.49. The van der Waals surface area contributed by atoms with E-state index < -0.39 is 26.2 Å². The standard InChI is InChI=1S/C34H45N5O4S2/c1-5-37(6-2)30-16-14-29(15-17-30)34-38(24-25-39(34)45(42,43)32-20-12-28(4)13-21-32)33(26-36-22-8-7-9-23-36)35-44(40,41)31-18-10-27(3)11-19-31/h10-21,34H,5-9,22-26H2,1-4H3. The first-order valence-corrected chi connectivity index (χ1v) is 18.7. The number of amidine groups is 1. The molecule has 0 saturated carbocycles. The first-order valence-electron chi connectivity index (χ1n) is 15.9. The van der Waals surface area contributed by atoms with Crippen molar-refractivity contribution in [1.29, 1.82) is 0 Å². The number of hydrogen-bond acceptors (Lipinski definition) is 6. The van der Waals surface area contributed by atoms with Crippen LogP contribution >= 0.6 is 0 Å². The molecule has 1 unspecified atom stereocenters. The van der Waals surface area contributed by atoms with Crippen LogP contribution in [0.2, 0.25) is 0 Å². The van der Waals surface area contributed by atoms with Crippen LogP contribution in [0.3, 0.4) is 0 Å². The number of rotatable bonds is 10. The van der Waals surface area contributed by atoms with E-state index in [0.717, 1.165) is 67.8 Å². The van der Waals surface area contributed by atoms with Crippen molar-refractivity contribution in [1.82, 2.24) is 14.1 Å². The summed E-state index contributed by atoms with van der Waals surface area (Å²) in [4.78, 5) is 6.67. The van der Waals surface area contributed by atoms with Gasteiger partial charge < -0.3 is 9.80 Å². The Kier molecular flexibility index (Phi) is 10.3. The Hall–Kier alpha value is -3.25. The highest BCUT2D eigenvalue weighted by Crippen LogP contribution is 2.37. The summed E-state index contributed by atoms with van der Waals surface area (Å²) >= 11 is 0. The maximum Gasteiger partial charge on any atom is 0.283 e. The molecule has 242 valence electrons. The molecular formula is C34H45N5O4S2. The SMILES string of the molecule is CCN(CC)c1ccc(C2N(C(CN3CCCCC3)=NS(=O)(=O)c3ccc(C)cc3)CCN2S(=O)(=O)c2ccc(C)cc2)cc1. The number of aryl methyl sites for hydroxylation is 2. The highest BCUT2D eigenvalue weighted by molar-refractivity contribution is 7.90. The molecule has 0 radical (unpaired) electrons. The second-order valence-electron chi connectivity index (χ2n) is 11.9. The quantitative estimate of drug-likeness (QED) is 0.213. The number of likely N-dealkylation sites (tertiary alicyclic amines) is 1. The lowest BCUT2D eigenvalue weighted by Gasteiger charge is -2.35. The van der Waals surface area contributed by atoms with Crippen LogP contribution in [0.4, 0.5) is 5.69 Å². The van der Waals surface area contributed by atoms with Crippen molar-refractivity contribution >= 4 is 31.6 Å². The van der Waals surface area contributed by atoms with E-state index in [4.69, 9.17) is 0 Å². The molecule has 1 atom stereocenters. The lowest BCUT2D eigenvalue weighted by molar-refractivity contribution is 0.235. The van der Waals surface area contributed by atoms with Crippen molar-refractivity contribution in [2.24, 2.45) is 4.40 Å². The van der Waals surface area contributed by atoms with Gasteiger partial charge in [0, 0.05) is 31.9 Å². The number of sulfonamides is 2. The van der Waals surface area contributed by atoms with Crippen LogP contribution < -0.4 is 4.90 Å². The molecule has 9 nitrogen and oxygen atoms in total. The zero-order chi connectivity index (χ0) is 32.2. The first kappa shape index (κ1) is 33.1. The molecule has 0 aromatic heterocycles. The van der Waals surface area contributed by atoms with Gasteiger partial charge in [0.25, 0.3) is 10.0 Å². The van der Waals surface area contributed by atoms with Gasteiger partial charge in [-0.1, -0.05) is 53.9 Å². The summed E-state index contributed by atoms with van der Waals surface area (Å²) in [6.07, 6.45) is 2.43. The third-order valence-corrected chi connectivity index (χ3v) is 12.0. The van der Waals surface area contributed by atoms with Gasteiger partial charge in [-0.05, 0) is 95.6 Å². The maximum absolute atomic E-state index is 14.2.